The zero-order valence-corrected chi connectivity index (χ0v) is 24.9. The Bertz CT molecular complexity index is 2100. The van der Waals surface area contributed by atoms with Crippen LogP contribution in [0.3, 0.4) is 0 Å². The summed E-state index contributed by atoms with van der Waals surface area (Å²) in [6.45, 7) is 4.40. The largest absolute Gasteiger partial charge is 0.248 e. The number of thiophene rings is 2. The van der Waals surface area contributed by atoms with Crippen molar-refractivity contribution >= 4 is 52.2 Å². The van der Waals surface area contributed by atoms with Gasteiger partial charge in [0.05, 0.1) is 26.8 Å². The Morgan fingerprint density at radius 3 is 1.33 bits per heavy atom. The molecule has 0 saturated carbocycles. The van der Waals surface area contributed by atoms with E-state index >= 15 is 0 Å². The highest BCUT2D eigenvalue weighted by molar-refractivity contribution is 7.44. The van der Waals surface area contributed by atoms with Crippen molar-refractivity contribution < 1.29 is 0 Å². The van der Waals surface area contributed by atoms with Crippen molar-refractivity contribution in [2.24, 2.45) is 0 Å². The first-order valence-corrected chi connectivity index (χ1v) is 15.7. The highest BCUT2D eigenvalue weighted by atomic mass is 32.2. The van der Waals surface area contributed by atoms with Crippen molar-refractivity contribution in [1.29, 1.82) is 0 Å². The third kappa shape index (κ3) is 4.23. The lowest BCUT2D eigenvalue weighted by Gasteiger charge is -2.10. The second-order valence-electron chi connectivity index (χ2n) is 10.7. The lowest BCUT2D eigenvalue weighted by molar-refractivity contribution is 1.31. The zero-order chi connectivity index (χ0) is 28.2. The summed E-state index contributed by atoms with van der Waals surface area (Å²) in [4.78, 5) is 10.2. The van der Waals surface area contributed by atoms with Crippen molar-refractivity contribution in [2.75, 3.05) is 0 Å². The molecule has 0 aliphatic carbocycles. The number of nitrogens with zero attached hydrogens (tertiary/aromatic N) is 2. The van der Waals surface area contributed by atoms with Crippen molar-refractivity contribution in [3.63, 3.8) is 0 Å². The summed E-state index contributed by atoms with van der Waals surface area (Å²) in [5, 5.41) is 3.94. The van der Waals surface area contributed by atoms with Gasteiger partial charge in [0.1, 0.15) is 0 Å². The average molecular weight is 575 g/mol. The lowest BCUT2D eigenvalue weighted by atomic mass is 9.98. The number of hydrogen-bond acceptors (Lipinski definition) is 4. The molecule has 0 aliphatic heterocycles. The van der Waals surface area contributed by atoms with Crippen LogP contribution in [-0.4, -0.2) is 9.97 Å². The first kappa shape index (κ1) is 25.1. The van der Waals surface area contributed by atoms with E-state index in [0.29, 0.717) is 0 Å². The van der Waals surface area contributed by atoms with Gasteiger partial charge in [0, 0.05) is 47.8 Å². The SMILES string of the molecule is Cc1cc2sc3sc4cc(C)c(-c5cccc(-c6ccccc6)n5)cc4c3c2cc1-c1cccc(-c2ccccc2)n1. The fourth-order valence-corrected chi connectivity index (χ4v) is 8.63. The van der Waals surface area contributed by atoms with Gasteiger partial charge in [-0.25, -0.2) is 9.97 Å². The van der Waals surface area contributed by atoms with E-state index in [-0.39, 0.29) is 0 Å². The number of fused-ring (bicyclic) bond motifs is 5. The van der Waals surface area contributed by atoms with Crippen LogP contribution in [0.1, 0.15) is 11.1 Å². The first-order chi connectivity index (χ1) is 20.6. The Balaban J connectivity index is 1.30. The Morgan fingerprint density at radius 1 is 0.452 bits per heavy atom. The molecule has 0 bridgehead atoms. The molecule has 4 heteroatoms. The molecule has 42 heavy (non-hydrogen) atoms. The quantitative estimate of drug-likeness (QED) is 0.209. The smallest absolute Gasteiger partial charge is 0.0890 e. The minimum Gasteiger partial charge on any atom is -0.248 e. The summed E-state index contributed by atoms with van der Waals surface area (Å²) in [6.07, 6.45) is 0. The van der Waals surface area contributed by atoms with Crippen LogP contribution in [0.5, 0.6) is 0 Å². The van der Waals surface area contributed by atoms with Crippen molar-refractivity contribution in [3.05, 3.63) is 132 Å². The van der Waals surface area contributed by atoms with Crippen LogP contribution < -0.4 is 0 Å². The molecule has 0 unspecified atom stereocenters. The second kappa shape index (κ2) is 10.0. The Labute approximate surface area is 252 Å². The summed E-state index contributed by atoms with van der Waals surface area (Å²) in [7, 11) is 0. The second-order valence-corrected chi connectivity index (χ2v) is 13.1. The Morgan fingerprint density at radius 2 is 0.881 bits per heavy atom. The van der Waals surface area contributed by atoms with Gasteiger partial charge in [0.25, 0.3) is 0 Å². The molecular formula is C38H26N2S2. The molecule has 0 spiro atoms. The number of pyridine rings is 2. The molecule has 8 aromatic rings. The molecule has 0 saturated heterocycles. The Kier molecular flexibility index (Phi) is 5.99. The molecule has 0 aliphatic rings. The van der Waals surface area contributed by atoms with Gasteiger partial charge >= 0.3 is 0 Å². The monoisotopic (exact) mass is 574 g/mol. The maximum Gasteiger partial charge on any atom is 0.0890 e. The standard InChI is InChI=1S/C38H26N2S2/c1-23-19-35-29(21-27(23)33-17-9-15-31(39-33)25-11-5-3-6-12-25)37-30-22-28(24(2)20-36(30)42-38(37)41-35)34-18-10-16-32(40-34)26-13-7-4-8-14-26/h3-22H,1-2H3. The van der Waals surface area contributed by atoms with Crippen LogP contribution in [0, 0.1) is 13.8 Å². The topological polar surface area (TPSA) is 25.8 Å². The average Bonchev–Trinajstić information content (AvgIpc) is 3.55. The molecular weight excluding hydrogens is 549 g/mol. The van der Waals surface area contributed by atoms with E-state index in [1.807, 2.05) is 34.8 Å². The molecule has 0 amide bonds. The lowest BCUT2D eigenvalue weighted by Crippen LogP contribution is -1.90. The first-order valence-electron chi connectivity index (χ1n) is 14.1. The van der Waals surface area contributed by atoms with Gasteiger partial charge in [-0.1, -0.05) is 72.8 Å². The summed E-state index contributed by atoms with van der Waals surface area (Å²) >= 11 is 3.79. The maximum absolute atomic E-state index is 5.09. The zero-order valence-electron chi connectivity index (χ0n) is 23.3. The van der Waals surface area contributed by atoms with Gasteiger partial charge in [-0.05, 0) is 73.5 Å². The normalized spacial score (nSPS) is 11.6. The minimum atomic E-state index is 0.995. The van der Waals surface area contributed by atoms with Gasteiger partial charge in [0.2, 0.25) is 0 Å². The summed E-state index contributed by atoms with van der Waals surface area (Å²) in [5.74, 6) is 0. The molecule has 200 valence electrons. The number of hydrogen-bond donors (Lipinski definition) is 0. The minimum absolute atomic E-state index is 0.995. The van der Waals surface area contributed by atoms with Gasteiger partial charge in [-0.15, -0.1) is 22.7 Å². The van der Waals surface area contributed by atoms with Crippen LogP contribution in [0.25, 0.3) is 74.6 Å². The maximum atomic E-state index is 5.09. The van der Waals surface area contributed by atoms with Gasteiger partial charge in [-0.3, -0.25) is 0 Å². The van der Waals surface area contributed by atoms with E-state index in [4.69, 9.17) is 9.97 Å². The van der Waals surface area contributed by atoms with E-state index in [1.54, 1.807) is 0 Å². The van der Waals surface area contributed by atoms with Gasteiger partial charge < -0.3 is 0 Å². The van der Waals surface area contributed by atoms with Crippen molar-refractivity contribution in [3.8, 4) is 45.0 Å². The number of rotatable bonds is 4. The fourth-order valence-electron chi connectivity index (χ4n) is 5.87. The third-order valence-corrected chi connectivity index (χ3v) is 10.4. The van der Waals surface area contributed by atoms with Crippen LogP contribution in [-0.2, 0) is 0 Å². The predicted octanol–water partition coefficient (Wildman–Crippen LogP) is 11.3. The highest BCUT2D eigenvalue weighted by Gasteiger charge is 2.18. The molecule has 2 nitrogen and oxygen atoms in total. The van der Waals surface area contributed by atoms with Gasteiger partial charge in [0.15, 0.2) is 0 Å². The summed E-state index contributed by atoms with van der Waals surface area (Å²) in [6, 6.07) is 42.9. The van der Waals surface area contributed by atoms with Crippen LogP contribution in [0.2, 0.25) is 0 Å². The molecule has 4 aromatic carbocycles. The molecule has 0 N–H and O–H groups in total. The van der Waals surface area contributed by atoms with E-state index < -0.39 is 0 Å². The summed E-state index contributed by atoms with van der Waals surface area (Å²) < 4.78 is 4.01. The van der Waals surface area contributed by atoms with E-state index in [9.17, 15) is 0 Å². The van der Waals surface area contributed by atoms with Crippen LogP contribution >= 0.6 is 22.7 Å². The van der Waals surface area contributed by atoms with Crippen molar-refractivity contribution in [1.82, 2.24) is 9.97 Å². The number of aromatic nitrogens is 2. The molecule has 0 fully saturated rings. The molecule has 8 rings (SSSR count). The highest BCUT2D eigenvalue weighted by Crippen LogP contribution is 2.47. The molecule has 0 radical (unpaired) electrons. The summed E-state index contributed by atoms with van der Waals surface area (Å²) in [5.41, 5.74) is 11.1. The predicted molar refractivity (Wildman–Crippen MR) is 182 cm³/mol. The fraction of sp³-hybridized carbons (Fsp3) is 0.0526. The Hall–Kier alpha value is -4.64. The van der Waals surface area contributed by atoms with E-state index in [1.165, 1.54) is 51.8 Å². The van der Waals surface area contributed by atoms with Crippen molar-refractivity contribution in [2.45, 2.75) is 13.8 Å². The van der Waals surface area contributed by atoms with E-state index in [2.05, 4.69) is 123 Å². The van der Waals surface area contributed by atoms with Crippen LogP contribution in [0.15, 0.2) is 121 Å². The number of benzene rings is 4. The van der Waals surface area contributed by atoms with E-state index in [0.717, 1.165) is 33.9 Å². The number of aryl methyl sites for hydroxylation is 2. The molecule has 4 heterocycles. The molecule has 4 aromatic heterocycles. The van der Waals surface area contributed by atoms with Gasteiger partial charge in [-0.2, -0.15) is 0 Å². The van der Waals surface area contributed by atoms with Crippen LogP contribution in [0.4, 0.5) is 0 Å². The molecule has 0 atom stereocenters. The third-order valence-electron chi connectivity index (χ3n) is 7.99.